The summed E-state index contributed by atoms with van der Waals surface area (Å²) in [4.78, 5) is 79.7. The highest BCUT2D eigenvalue weighted by molar-refractivity contribution is 5.84. The number of esters is 4. The van der Waals surface area contributed by atoms with Crippen LogP contribution < -0.4 is 42.0 Å². The van der Waals surface area contributed by atoms with Crippen LogP contribution in [-0.2, 0) is 70.0 Å². The fraction of sp³-hybridized carbons (Fsp3) is 0.750. The quantitative estimate of drug-likeness (QED) is 0.0248. The second-order valence-corrected chi connectivity index (χ2v) is 29.5. The lowest BCUT2D eigenvalue weighted by molar-refractivity contribution is -0.873. The highest BCUT2D eigenvalue weighted by Gasteiger charge is 2.68. The standard InChI is InChI=1S/C36H59N3O8.C36H56N2O8.ClH/c1-36(2,3)23-35(42)47-28(25-39(4,5)6)22-33(40)37-18-15-34(41)46-27-16-19-38(24-27)29-11-9-10-12-30(29)45-20-17-26-13-14-31(43-7)32(21-26)44-8;1-35(2)33(36(35,3)4)34(41)37-24-45-31(39)14-8-7-9-15-32(40)46-26-18-20-38(23-26)27-12-10-11-13-28(27)44-21-19-25-16-17-29(42-5)30(22-25)43-6;/h13-14,21,27-30H,9-12,15-20,22-25H2,1-8H3;16-17,22,26-28,33H,7-15,18-21,23-24H2,1-6H3,(H,37,41);1H/t27-,28?,29-,30-;26-,27-,28-;/m11./s1. The summed E-state index contributed by atoms with van der Waals surface area (Å²) in [5.41, 5.74) is 1.99. The molecule has 3 saturated carbocycles. The maximum Gasteiger partial charge on any atom is 0.307 e. The van der Waals surface area contributed by atoms with Gasteiger partial charge in [-0.2, -0.15) is 0 Å². The van der Waals surface area contributed by atoms with Crippen LogP contribution in [0, 0.1) is 22.2 Å². The Hall–Kier alpha value is -5.45. The van der Waals surface area contributed by atoms with Crippen molar-refractivity contribution in [1.82, 2.24) is 20.4 Å². The lowest BCUT2D eigenvalue weighted by Crippen LogP contribution is -3.00. The van der Waals surface area contributed by atoms with Crippen LogP contribution in [0.4, 0.5) is 0 Å². The predicted molar refractivity (Wildman–Crippen MR) is 355 cm³/mol. The SMILES string of the molecule is COc1ccc(CCO[C@@H]2CCCC[C@H]2N2CC[C@@H](OC(=O)CCCCCC(=O)OCNC(=O)C3C(C)(C)C3(C)C)C2)cc1OC.COc1ccc(CCO[C@@H]2CCCC[C@H]2N2CC[C@@H](OC(=O)CCNC(=O)CC(C[N+](C)(C)C)OC(=O)CC(C)(C)C)C2)cc1OC.[Cl-]. The molecule has 3 aliphatic carbocycles. The first kappa shape index (κ1) is 79.2. The third kappa shape index (κ3) is 25.5. The molecule has 1 unspecified atom stereocenters. The molecule has 0 spiro atoms. The molecule has 2 aromatic carbocycles. The zero-order valence-corrected chi connectivity index (χ0v) is 60.1. The van der Waals surface area contributed by atoms with Crippen molar-refractivity contribution in [2.24, 2.45) is 22.2 Å². The number of quaternary nitrogens is 1. The molecule has 2 aliphatic heterocycles. The topological polar surface area (TPSA) is 225 Å². The Morgan fingerprint density at radius 3 is 1.52 bits per heavy atom. The summed E-state index contributed by atoms with van der Waals surface area (Å²) in [5, 5.41) is 5.53. The first-order valence-electron chi connectivity index (χ1n) is 34.4. The number of benzene rings is 2. The summed E-state index contributed by atoms with van der Waals surface area (Å²) in [6.07, 6.45) is 14.8. The Kier molecular flexibility index (Phi) is 31.9. The molecule has 21 nitrogen and oxygen atoms in total. The lowest BCUT2D eigenvalue weighted by atomic mass is 9.91. The molecule has 0 bridgehead atoms. The van der Waals surface area contributed by atoms with Crippen LogP contribution in [0.15, 0.2) is 36.4 Å². The maximum atomic E-state index is 12.7. The van der Waals surface area contributed by atoms with Crippen LogP contribution in [0.5, 0.6) is 23.0 Å². The molecule has 7 atom stereocenters. The molecule has 2 N–H and O–H groups in total. The van der Waals surface area contributed by atoms with Crippen molar-refractivity contribution in [2.45, 2.75) is 219 Å². The fourth-order valence-electron chi connectivity index (χ4n) is 13.8. The molecule has 0 radical (unpaired) electrons. The van der Waals surface area contributed by atoms with E-state index in [1.54, 1.807) is 28.4 Å². The molecule has 7 rings (SSSR count). The minimum absolute atomic E-state index is 0. The first-order valence-corrected chi connectivity index (χ1v) is 34.4. The molecule has 2 amide bonds. The van der Waals surface area contributed by atoms with Gasteiger partial charge in [-0.1, -0.05) is 92.7 Å². The van der Waals surface area contributed by atoms with E-state index in [1.807, 2.05) is 72.2 Å². The van der Waals surface area contributed by atoms with Crippen LogP contribution >= 0.6 is 0 Å². The Morgan fingerprint density at radius 2 is 1.06 bits per heavy atom. The monoisotopic (exact) mass is 1340 g/mol. The number of hydrogen-bond acceptors (Lipinski definition) is 18. The number of likely N-dealkylation sites (N-methyl/N-ethyl adjacent to an activating group) is 1. The summed E-state index contributed by atoms with van der Waals surface area (Å²) in [6.45, 7) is 19.3. The number of nitrogens with one attached hydrogen (secondary N) is 2. The van der Waals surface area contributed by atoms with Gasteiger partial charge in [-0.3, -0.25) is 38.6 Å². The summed E-state index contributed by atoms with van der Waals surface area (Å²) in [6, 6.07) is 12.6. The van der Waals surface area contributed by atoms with E-state index in [9.17, 15) is 28.8 Å². The number of nitrogens with zero attached hydrogens (tertiary/aromatic N) is 3. The summed E-state index contributed by atoms with van der Waals surface area (Å²) >= 11 is 0. The van der Waals surface area contributed by atoms with Crippen LogP contribution in [0.3, 0.4) is 0 Å². The van der Waals surface area contributed by atoms with Gasteiger partial charge in [-0.25, -0.2) is 0 Å². The van der Waals surface area contributed by atoms with Gasteiger partial charge in [0.05, 0.1) is 94.3 Å². The molecule has 22 heteroatoms. The van der Waals surface area contributed by atoms with Crippen molar-refractivity contribution in [1.29, 1.82) is 0 Å². The zero-order valence-electron chi connectivity index (χ0n) is 59.3. The average molecular weight is 1340 g/mol. The van der Waals surface area contributed by atoms with Crippen LogP contribution in [0.1, 0.15) is 175 Å². The van der Waals surface area contributed by atoms with E-state index in [0.717, 1.165) is 112 Å². The molecular weight excluding hydrogens is 1230 g/mol. The van der Waals surface area contributed by atoms with Gasteiger partial charge >= 0.3 is 23.9 Å². The van der Waals surface area contributed by atoms with Crippen molar-refractivity contribution >= 4 is 35.7 Å². The van der Waals surface area contributed by atoms with Crippen molar-refractivity contribution in [2.75, 3.05) is 109 Å². The van der Waals surface area contributed by atoms with Crippen molar-refractivity contribution in [3.8, 4) is 23.0 Å². The van der Waals surface area contributed by atoms with Gasteiger partial charge in [-0.05, 0) is 116 Å². The first-order chi connectivity index (χ1) is 44.1. The number of likely N-dealkylation sites (tertiary alicyclic amines) is 2. The number of rotatable bonds is 34. The molecular formula is C72H116ClN5O16. The Morgan fingerprint density at radius 1 is 0.596 bits per heavy atom. The predicted octanol–water partition coefficient (Wildman–Crippen LogP) is 6.59. The minimum atomic E-state index is -0.542. The number of carbonyl (C=O) groups is 6. The van der Waals surface area contributed by atoms with E-state index >= 15 is 0 Å². The number of ether oxygens (including phenoxy) is 10. The van der Waals surface area contributed by atoms with Crippen molar-refractivity contribution in [3.05, 3.63) is 47.5 Å². The zero-order chi connectivity index (χ0) is 67.9. The van der Waals surface area contributed by atoms with Gasteiger partial charge in [0.2, 0.25) is 11.8 Å². The van der Waals surface area contributed by atoms with Crippen molar-refractivity contribution < 1.29 is 93.0 Å². The highest BCUT2D eigenvalue weighted by Crippen LogP contribution is 2.68. The Balaban J connectivity index is 0.000000337. The van der Waals surface area contributed by atoms with Crippen LogP contribution in [0.2, 0.25) is 0 Å². The highest BCUT2D eigenvalue weighted by atomic mass is 35.5. The molecule has 2 heterocycles. The van der Waals surface area contributed by atoms with E-state index in [1.165, 1.54) is 19.3 Å². The van der Waals surface area contributed by atoms with Gasteiger partial charge in [-0.15, -0.1) is 0 Å². The number of halogens is 1. The van der Waals surface area contributed by atoms with E-state index in [2.05, 4.69) is 54.2 Å². The molecule has 0 aromatic heterocycles. The van der Waals surface area contributed by atoms with Gasteiger partial charge < -0.3 is 74.9 Å². The van der Waals surface area contributed by atoms with E-state index < -0.39 is 6.10 Å². The Labute approximate surface area is 567 Å². The van der Waals surface area contributed by atoms with Crippen LogP contribution in [-0.4, -0.2) is 201 Å². The number of hydrogen-bond donors (Lipinski definition) is 2. The lowest BCUT2D eigenvalue weighted by Gasteiger charge is -2.37. The van der Waals surface area contributed by atoms with Gasteiger partial charge in [0, 0.05) is 63.6 Å². The third-order valence-corrected chi connectivity index (χ3v) is 19.4. The third-order valence-electron chi connectivity index (χ3n) is 19.4. The number of amides is 2. The summed E-state index contributed by atoms with van der Waals surface area (Å²) in [7, 11) is 12.5. The van der Waals surface area contributed by atoms with Crippen molar-refractivity contribution in [3.63, 3.8) is 0 Å². The van der Waals surface area contributed by atoms with E-state index in [-0.39, 0.29) is 134 Å². The summed E-state index contributed by atoms with van der Waals surface area (Å²) in [5.74, 6) is 1.37. The normalized spacial score (nSPS) is 22.2. The molecule has 2 saturated heterocycles. The number of methoxy groups -OCH3 is 4. The Bertz CT molecular complexity index is 2700. The van der Waals surface area contributed by atoms with E-state index in [0.29, 0.717) is 67.9 Å². The van der Waals surface area contributed by atoms with Gasteiger partial charge in [0.1, 0.15) is 18.8 Å². The number of unbranched alkanes of at least 4 members (excludes halogenated alkanes) is 2. The molecule has 5 aliphatic rings. The molecule has 94 heavy (non-hydrogen) atoms. The minimum Gasteiger partial charge on any atom is -1.00 e. The second-order valence-electron chi connectivity index (χ2n) is 29.5. The van der Waals surface area contributed by atoms with Gasteiger partial charge in [0.25, 0.3) is 0 Å². The molecule has 2 aromatic rings. The fourth-order valence-corrected chi connectivity index (χ4v) is 13.8. The average Bonchev–Trinajstić information content (AvgIpc) is 1.54. The second kappa shape index (κ2) is 37.9. The smallest absolute Gasteiger partial charge is 0.307 e. The largest absolute Gasteiger partial charge is 1.00 e. The van der Waals surface area contributed by atoms with Gasteiger partial charge in [0.15, 0.2) is 35.8 Å². The molecule has 532 valence electrons. The number of carbonyl (C=O) groups excluding carboxylic acids is 6. The summed E-state index contributed by atoms with van der Waals surface area (Å²) < 4.78 is 57.5. The molecule has 5 fully saturated rings. The maximum absolute atomic E-state index is 12.7. The van der Waals surface area contributed by atoms with E-state index in [4.69, 9.17) is 47.4 Å². The van der Waals surface area contributed by atoms with Crippen LogP contribution in [0.25, 0.3) is 0 Å².